The van der Waals surface area contributed by atoms with E-state index < -0.39 is 11.8 Å². The van der Waals surface area contributed by atoms with Crippen LogP contribution < -0.4 is 10.6 Å². The Labute approximate surface area is 108 Å². The molecule has 0 saturated carbocycles. The van der Waals surface area contributed by atoms with E-state index in [4.69, 9.17) is 9.05 Å². The zero-order chi connectivity index (χ0) is 13.8. The van der Waals surface area contributed by atoms with Crippen molar-refractivity contribution in [1.82, 2.24) is 10.3 Å². The number of carbonyl (C=O) groups excluding carboxylic acids is 2. The Morgan fingerprint density at radius 2 is 1.42 bits per heavy atom. The molecule has 0 fully saturated rings. The van der Waals surface area contributed by atoms with Crippen LogP contribution in [0.15, 0.2) is 21.2 Å². The second-order valence-electron chi connectivity index (χ2n) is 3.92. The molecule has 8 heteroatoms. The Morgan fingerprint density at radius 1 is 1.00 bits per heavy atom. The predicted molar refractivity (Wildman–Crippen MR) is 64.4 cm³/mol. The molecule has 0 bridgehead atoms. The monoisotopic (exact) mass is 264 g/mol. The Balaban J connectivity index is 1.83. The Morgan fingerprint density at radius 3 is 1.74 bits per heavy atom. The maximum atomic E-state index is 11.5. The molecule has 0 atom stereocenters. The number of aryl methyl sites for hydroxylation is 2. The summed E-state index contributed by atoms with van der Waals surface area (Å²) in [6, 6.07) is 3.10. The molecule has 2 heterocycles. The van der Waals surface area contributed by atoms with Crippen molar-refractivity contribution in [3.8, 4) is 0 Å². The highest BCUT2D eigenvalue weighted by molar-refractivity contribution is 6.07. The van der Waals surface area contributed by atoms with Crippen LogP contribution in [0.25, 0.3) is 0 Å². The third kappa shape index (κ3) is 3.66. The molecule has 2 amide bonds. The number of hydrogen-bond acceptors (Lipinski definition) is 6. The SMILES string of the molecule is Cc1cc(NC(=O)CC(=O)Nc2cc(C)on2)no1. The zero-order valence-electron chi connectivity index (χ0n) is 10.4. The number of carbonyl (C=O) groups is 2. The van der Waals surface area contributed by atoms with E-state index in [0.717, 1.165) is 0 Å². The van der Waals surface area contributed by atoms with Gasteiger partial charge in [0.25, 0.3) is 0 Å². The van der Waals surface area contributed by atoms with E-state index in [0.29, 0.717) is 11.5 Å². The van der Waals surface area contributed by atoms with Gasteiger partial charge in [0, 0.05) is 12.1 Å². The quantitative estimate of drug-likeness (QED) is 0.804. The molecular formula is C11H12N4O4. The fourth-order valence-electron chi connectivity index (χ4n) is 1.37. The van der Waals surface area contributed by atoms with Gasteiger partial charge in [0.2, 0.25) is 11.8 Å². The minimum absolute atomic E-state index is 0.271. The van der Waals surface area contributed by atoms with Crippen molar-refractivity contribution < 1.29 is 18.6 Å². The average molecular weight is 264 g/mol. The van der Waals surface area contributed by atoms with E-state index in [2.05, 4.69) is 20.9 Å². The van der Waals surface area contributed by atoms with Crippen LogP contribution in [0.5, 0.6) is 0 Å². The van der Waals surface area contributed by atoms with Crippen LogP contribution in [-0.4, -0.2) is 22.1 Å². The summed E-state index contributed by atoms with van der Waals surface area (Å²) in [5, 5.41) is 12.0. The van der Waals surface area contributed by atoms with Gasteiger partial charge in [0.05, 0.1) is 0 Å². The first-order chi connectivity index (χ1) is 9.02. The van der Waals surface area contributed by atoms with E-state index in [9.17, 15) is 9.59 Å². The maximum absolute atomic E-state index is 11.5. The average Bonchev–Trinajstić information content (AvgIpc) is 2.87. The molecule has 2 aromatic heterocycles. The smallest absolute Gasteiger partial charge is 0.235 e. The molecule has 2 rings (SSSR count). The lowest BCUT2D eigenvalue weighted by Gasteiger charge is -2.01. The highest BCUT2D eigenvalue weighted by atomic mass is 16.5. The number of rotatable bonds is 4. The standard InChI is InChI=1S/C11H12N4O4/c1-6-3-8(14-18-6)12-10(16)5-11(17)13-9-4-7(2)19-15-9/h3-4H,5H2,1-2H3,(H,12,14,16)(H,13,15,17). The fourth-order valence-corrected chi connectivity index (χ4v) is 1.37. The molecule has 8 nitrogen and oxygen atoms in total. The van der Waals surface area contributed by atoms with Crippen molar-refractivity contribution in [1.29, 1.82) is 0 Å². The van der Waals surface area contributed by atoms with E-state index in [1.807, 2.05) is 0 Å². The van der Waals surface area contributed by atoms with Gasteiger partial charge in [-0.3, -0.25) is 9.59 Å². The number of nitrogens with one attached hydrogen (secondary N) is 2. The molecular weight excluding hydrogens is 252 g/mol. The highest BCUT2D eigenvalue weighted by Crippen LogP contribution is 2.09. The number of aromatic nitrogens is 2. The summed E-state index contributed by atoms with van der Waals surface area (Å²) in [6.45, 7) is 3.39. The first kappa shape index (κ1) is 12.8. The summed E-state index contributed by atoms with van der Waals surface area (Å²) in [5.41, 5.74) is 0. The molecule has 2 N–H and O–H groups in total. The molecule has 0 saturated heterocycles. The van der Waals surface area contributed by atoms with E-state index >= 15 is 0 Å². The molecule has 0 radical (unpaired) electrons. The second kappa shape index (κ2) is 5.34. The first-order valence-electron chi connectivity index (χ1n) is 5.49. The summed E-state index contributed by atoms with van der Waals surface area (Å²) in [5.74, 6) is 0.688. The number of anilines is 2. The third-order valence-corrected chi connectivity index (χ3v) is 2.11. The van der Waals surface area contributed by atoms with Crippen molar-refractivity contribution >= 4 is 23.5 Å². The van der Waals surface area contributed by atoms with Gasteiger partial charge in [0.15, 0.2) is 11.6 Å². The van der Waals surface area contributed by atoms with Gasteiger partial charge >= 0.3 is 0 Å². The number of hydrogen-bond donors (Lipinski definition) is 2. The van der Waals surface area contributed by atoms with Crippen molar-refractivity contribution in [2.75, 3.05) is 10.6 Å². The molecule has 0 aliphatic rings. The fraction of sp³-hybridized carbons (Fsp3) is 0.273. The van der Waals surface area contributed by atoms with E-state index in [-0.39, 0.29) is 18.1 Å². The summed E-state index contributed by atoms with van der Waals surface area (Å²) in [4.78, 5) is 23.1. The molecule has 0 aromatic carbocycles. The molecule has 0 aliphatic carbocycles. The van der Waals surface area contributed by atoms with Crippen LogP contribution in [0.4, 0.5) is 11.6 Å². The van der Waals surface area contributed by atoms with Crippen LogP contribution >= 0.6 is 0 Å². The van der Waals surface area contributed by atoms with Gasteiger partial charge in [-0.05, 0) is 13.8 Å². The highest BCUT2D eigenvalue weighted by Gasteiger charge is 2.13. The van der Waals surface area contributed by atoms with Crippen LogP contribution in [0.3, 0.4) is 0 Å². The lowest BCUT2D eigenvalue weighted by atomic mass is 10.3. The minimum atomic E-state index is -0.494. The predicted octanol–water partition coefficient (Wildman–Crippen LogP) is 1.25. The summed E-state index contributed by atoms with van der Waals surface area (Å²) >= 11 is 0. The minimum Gasteiger partial charge on any atom is -0.360 e. The van der Waals surface area contributed by atoms with Gasteiger partial charge in [-0.15, -0.1) is 0 Å². The zero-order valence-corrected chi connectivity index (χ0v) is 10.4. The van der Waals surface area contributed by atoms with Crippen molar-refractivity contribution in [2.24, 2.45) is 0 Å². The Bertz CT molecular complexity index is 549. The third-order valence-electron chi connectivity index (χ3n) is 2.11. The molecule has 19 heavy (non-hydrogen) atoms. The van der Waals surface area contributed by atoms with Crippen LogP contribution in [0, 0.1) is 13.8 Å². The lowest BCUT2D eigenvalue weighted by Crippen LogP contribution is -2.21. The molecule has 100 valence electrons. The maximum Gasteiger partial charge on any atom is 0.235 e. The Hall–Kier alpha value is -2.64. The number of nitrogens with zero attached hydrogens (tertiary/aromatic N) is 2. The van der Waals surface area contributed by atoms with Gasteiger partial charge in [-0.1, -0.05) is 10.3 Å². The first-order valence-corrected chi connectivity index (χ1v) is 5.49. The normalized spacial score (nSPS) is 10.2. The van der Waals surface area contributed by atoms with Crippen LogP contribution in [0.2, 0.25) is 0 Å². The summed E-state index contributed by atoms with van der Waals surface area (Å²) in [7, 11) is 0. The van der Waals surface area contributed by atoms with E-state index in [1.165, 1.54) is 0 Å². The van der Waals surface area contributed by atoms with Gasteiger partial charge in [-0.25, -0.2) is 0 Å². The van der Waals surface area contributed by atoms with Gasteiger partial charge < -0.3 is 19.7 Å². The van der Waals surface area contributed by atoms with E-state index in [1.54, 1.807) is 26.0 Å². The largest absolute Gasteiger partial charge is 0.360 e. The summed E-state index contributed by atoms with van der Waals surface area (Å²) in [6.07, 6.45) is -0.349. The van der Waals surface area contributed by atoms with Crippen molar-refractivity contribution in [2.45, 2.75) is 20.3 Å². The topological polar surface area (TPSA) is 110 Å². The molecule has 2 aromatic rings. The lowest BCUT2D eigenvalue weighted by molar-refractivity contribution is -0.123. The molecule has 0 unspecified atom stereocenters. The molecule has 0 spiro atoms. The summed E-state index contributed by atoms with van der Waals surface area (Å²) < 4.78 is 9.56. The Kier molecular flexibility index (Phi) is 3.60. The van der Waals surface area contributed by atoms with Crippen LogP contribution in [-0.2, 0) is 9.59 Å². The van der Waals surface area contributed by atoms with Crippen LogP contribution in [0.1, 0.15) is 17.9 Å². The molecule has 0 aliphatic heterocycles. The van der Waals surface area contributed by atoms with Crippen molar-refractivity contribution in [3.63, 3.8) is 0 Å². The van der Waals surface area contributed by atoms with Gasteiger partial charge in [-0.2, -0.15) is 0 Å². The number of amides is 2. The van der Waals surface area contributed by atoms with Crippen molar-refractivity contribution in [3.05, 3.63) is 23.7 Å². The van der Waals surface area contributed by atoms with Gasteiger partial charge in [0.1, 0.15) is 17.9 Å². The second-order valence-corrected chi connectivity index (χ2v) is 3.92.